The van der Waals surface area contributed by atoms with Crippen molar-refractivity contribution in [2.45, 2.75) is 32.0 Å². The van der Waals surface area contributed by atoms with E-state index in [-0.39, 0.29) is 5.79 Å². The van der Waals surface area contributed by atoms with Gasteiger partial charge in [-0.2, -0.15) is 4.98 Å². The SMILES string of the molecule is COc1cccc(CCNc2nc(C)cc(N3CCC4(CC3)OCCO4)n2)c1. The molecule has 1 N–H and O–H groups in total. The highest BCUT2D eigenvalue weighted by molar-refractivity contribution is 5.45. The Labute approximate surface area is 166 Å². The minimum Gasteiger partial charge on any atom is -0.497 e. The van der Waals surface area contributed by atoms with Crippen LogP contribution in [-0.2, 0) is 15.9 Å². The zero-order valence-corrected chi connectivity index (χ0v) is 16.6. The van der Waals surface area contributed by atoms with E-state index in [4.69, 9.17) is 19.2 Å². The first-order valence-corrected chi connectivity index (χ1v) is 9.91. The van der Waals surface area contributed by atoms with Gasteiger partial charge in [-0.05, 0) is 31.0 Å². The largest absolute Gasteiger partial charge is 0.497 e. The second-order valence-corrected chi connectivity index (χ2v) is 7.31. The van der Waals surface area contributed by atoms with Crippen LogP contribution in [0.1, 0.15) is 24.1 Å². The van der Waals surface area contributed by atoms with Gasteiger partial charge in [0.1, 0.15) is 11.6 Å². The number of hydrogen-bond acceptors (Lipinski definition) is 7. The van der Waals surface area contributed by atoms with Gasteiger partial charge in [0.25, 0.3) is 0 Å². The lowest BCUT2D eigenvalue weighted by Gasteiger charge is -2.38. The van der Waals surface area contributed by atoms with Crippen molar-refractivity contribution in [3.05, 3.63) is 41.6 Å². The average Bonchev–Trinajstić information content (AvgIpc) is 3.16. The van der Waals surface area contributed by atoms with Gasteiger partial charge in [0.15, 0.2) is 5.79 Å². The van der Waals surface area contributed by atoms with Gasteiger partial charge in [-0.3, -0.25) is 0 Å². The Balaban J connectivity index is 1.36. The molecule has 150 valence electrons. The van der Waals surface area contributed by atoms with Crippen molar-refractivity contribution in [2.75, 3.05) is 50.2 Å². The fourth-order valence-corrected chi connectivity index (χ4v) is 3.80. The minimum absolute atomic E-state index is 0.365. The number of hydrogen-bond donors (Lipinski definition) is 1. The molecule has 4 rings (SSSR count). The molecule has 7 heteroatoms. The van der Waals surface area contributed by atoms with Gasteiger partial charge < -0.3 is 24.4 Å². The lowest BCUT2D eigenvalue weighted by molar-refractivity contribution is -0.169. The molecule has 0 atom stereocenters. The van der Waals surface area contributed by atoms with E-state index in [0.717, 1.165) is 56.2 Å². The number of benzene rings is 1. The normalized spacial score (nSPS) is 18.4. The number of piperidine rings is 1. The van der Waals surface area contributed by atoms with Crippen molar-refractivity contribution in [3.8, 4) is 5.75 Å². The minimum atomic E-state index is -0.365. The molecule has 0 unspecified atom stereocenters. The van der Waals surface area contributed by atoms with E-state index in [1.165, 1.54) is 5.56 Å². The van der Waals surface area contributed by atoms with E-state index in [0.29, 0.717) is 19.2 Å². The maximum absolute atomic E-state index is 5.82. The van der Waals surface area contributed by atoms with Crippen molar-refractivity contribution < 1.29 is 14.2 Å². The number of ether oxygens (including phenoxy) is 3. The fourth-order valence-electron chi connectivity index (χ4n) is 3.80. The standard InChI is InChI=1S/C21H28N4O3/c1-16-14-19(25-10-7-21(8-11-25)27-12-13-28-21)24-20(23-16)22-9-6-17-4-3-5-18(15-17)26-2/h3-5,14-15H,6-13H2,1-2H3,(H,22,23,24). The van der Waals surface area contributed by atoms with Crippen LogP contribution in [0, 0.1) is 6.92 Å². The van der Waals surface area contributed by atoms with Crippen molar-refractivity contribution in [2.24, 2.45) is 0 Å². The van der Waals surface area contributed by atoms with Crippen molar-refractivity contribution in [3.63, 3.8) is 0 Å². The van der Waals surface area contributed by atoms with Gasteiger partial charge in [-0.25, -0.2) is 4.98 Å². The highest BCUT2D eigenvalue weighted by Gasteiger charge is 2.40. The number of methoxy groups -OCH3 is 1. The Bertz CT molecular complexity index is 798. The molecule has 0 amide bonds. The molecule has 2 aromatic rings. The molecule has 2 fully saturated rings. The van der Waals surface area contributed by atoms with Gasteiger partial charge >= 0.3 is 0 Å². The number of nitrogens with zero attached hydrogens (tertiary/aromatic N) is 3. The molecule has 1 aromatic heterocycles. The van der Waals surface area contributed by atoms with E-state index >= 15 is 0 Å². The number of anilines is 2. The van der Waals surface area contributed by atoms with Crippen molar-refractivity contribution in [1.29, 1.82) is 0 Å². The Kier molecular flexibility index (Phi) is 5.64. The monoisotopic (exact) mass is 384 g/mol. The average molecular weight is 384 g/mol. The molecule has 2 aliphatic heterocycles. The second-order valence-electron chi connectivity index (χ2n) is 7.31. The summed E-state index contributed by atoms with van der Waals surface area (Å²) in [4.78, 5) is 11.6. The summed E-state index contributed by atoms with van der Waals surface area (Å²) in [6, 6.07) is 10.2. The van der Waals surface area contributed by atoms with Gasteiger partial charge in [0.2, 0.25) is 5.95 Å². The van der Waals surface area contributed by atoms with Crippen LogP contribution >= 0.6 is 0 Å². The first-order chi connectivity index (χ1) is 13.7. The predicted octanol–water partition coefficient (Wildman–Crippen LogP) is 2.79. The van der Waals surface area contributed by atoms with Crippen LogP contribution in [-0.4, -0.2) is 55.7 Å². The molecule has 0 aliphatic carbocycles. The van der Waals surface area contributed by atoms with Crippen LogP contribution in [0.15, 0.2) is 30.3 Å². The Morgan fingerprint density at radius 1 is 1.14 bits per heavy atom. The zero-order chi connectivity index (χ0) is 19.4. The number of aromatic nitrogens is 2. The van der Waals surface area contributed by atoms with Crippen molar-refractivity contribution >= 4 is 11.8 Å². The molecule has 0 bridgehead atoms. The van der Waals surface area contributed by atoms with Crippen LogP contribution in [0.2, 0.25) is 0 Å². The first kappa shape index (κ1) is 19.0. The molecule has 28 heavy (non-hydrogen) atoms. The molecular weight excluding hydrogens is 356 g/mol. The summed E-state index contributed by atoms with van der Waals surface area (Å²) in [5, 5.41) is 3.36. The Morgan fingerprint density at radius 3 is 2.68 bits per heavy atom. The third kappa shape index (κ3) is 4.36. The molecular formula is C21H28N4O3. The van der Waals surface area contributed by atoms with Crippen LogP contribution in [0.25, 0.3) is 0 Å². The zero-order valence-electron chi connectivity index (χ0n) is 16.6. The predicted molar refractivity (Wildman–Crippen MR) is 108 cm³/mol. The van der Waals surface area contributed by atoms with E-state index in [1.807, 2.05) is 25.1 Å². The van der Waals surface area contributed by atoms with Gasteiger partial charge in [-0.1, -0.05) is 12.1 Å². The summed E-state index contributed by atoms with van der Waals surface area (Å²) in [5.74, 6) is 2.15. The van der Waals surface area contributed by atoms with Gasteiger partial charge in [-0.15, -0.1) is 0 Å². The third-order valence-corrected chi connectivity index (χ3v) is 5.33. The summed E-state index contributed by atoms with van der Waals surface area (Å²) in [7, 11) is 1.69. The molecule has 3 heterocycles. The topological polar surface area (TPSA) is 68.7 Å². The Morgan fingerprint density at radius 2 is 1.93 bits per heavy atom. The van der Waals surface area contributed by atoms with Crippen LogP contribution in [0.3, 0.4) is 0 Å². The molecule has 1 aromatic carbocycles. The fraction of sp³-hybridized carbons (Fsp3) is 0.524. The Hall–Kier alpha value is -2.38. The van der Waals surface area contributed by atoms with Crippen LogP contribution in [0.5, 0.6) is 5.75 Å². The summed E-state index contributed by atoms with van der Waals surface area (Å²) >= 11 is 0. The first-order valence-electron chi connectivity index (χ1n) is 9.91. The van der Waals surface area contributed by atoms with Crippen LogP contribution < -0.4 is 15.0 Å². The lowest BCUT2D eigenvalue weighted by atomic mass is 10.0. The summed E-state index contributed by atoms with van der Waals surface area (Å²) in [5.41, 5.74) is 2.18. The van der Waals surface area contributed by atoms with Gasteiger partial charge in [0, 0.05) is 44.2 Å². The number of nitrogens with one attached hydrogen (secondary N) is 1. The third-order valence-electron chi connectivity index (χ3n) is 5.33. The molecule has 0 radical (unpaired) electrons. The molecule has 7 nitrogen and oxygen atoms in total. The lowest BCUT2D eigenvalue weighted by Crippen LogP contribution is -2.45. The smallest absolute Gasteiger partial charge is 0.224 e. The molecule has 2 aliphatic rings. The molecule has 1 spiro atoms. The maximum atomic E-state index is 5.82. The maximum Gasteiger partial charge on any atom is 0.224 e. The van der Waals surface area contributed by atoms with E-state index < -0.39 is 0 Å². The van der Waals surface area contributed by atoms with Crippen LogP contribution in [0.4, 0.5) is 11.8 Å². The highest BCUT2D eigenvalue weighted by Crippen LogP contribution is 2.33. The van der Waals surface area contributed by atoms with E-state index in [9.17, 15) is 0 Å². The van der Waals surface area contributed by atoms with Crippen molar-refractivity contribution in [1.82, 2.24) is 9.97 Å². The second kappa shape index (κ2) is 8.32. The molecule has 0 saturated carbocycles. The van der Waals surface area contributed by atoms with E-state index in [1.54, 1.807) is 7.11 Å². The molecule has 2 saturated heterocycles. The number of rotatable bonds is 6. The number of aryl methyl sites for hydroxylation is 1. The summed E-state index contributed by atoms with van der Waals surface area (Å²) < 4.78 is 16.9. The quantitative estimate of drug-likeness (QED) is 0.821. The summed E-state index contributed by atoms with van der Waals surface area (Å²) in [6.45, 7) is 5.93. The van der Waals surface area contributed by atoms with E-state index in [2.05, 4.69) is 27.3 Å². The van der Waals surface area contributed by atoms with Gasteiger partial charge in [0.05, 0.1) is 20.3 Å². The highest BCUT2D eigenvalue weighted by atomic mass is 16.7. The summed E-state index contributed by atoms with van der Waals surface area (Å²) in [6.07, 6.45) is 2.62.